The smallest absolute Gasteiger partial charge is 0.416 e. The summed E-state index contributed by atoms with van der Waals surface area (Å²) in [7, 11) is 0. The molecule has 0 radical (unpaired) electrons. The molecule has 2 aromatic carbocycles. The number of nitrogens with one attached hydrogen (secondary N) is 1. The molecule has 2 amide bonds. The number of carbonyl (C=O) groups excluding carboxylic acids is 2. The molecule has 0 aromatic heterocycles. The monoisotopic (exact) mass is 394 g/mol. The lowest BCUT2D eigenvalue weighted by molar-refractivity contribution is -0.137. The molecule has 0 unspecified atom stereocenters. The van der Waals surface area contributed by atoms with Gasteiger partial charge in [-0.15, -0.1) is 0 Å². The number of aryl methyl sites for hydroxylation is 1. The highest BCUT2D eigenvalue weighted by atomic mass is 19.4. The van der Waals surface area contributed by atoms with Gasteiger partial charge in [0.25, 0.3) is 5.91 Å². The van der Waals surface area contributed by atoms with Gasteiger partial charge in [-0.1, -0.05) is 17.7 Å². The number of hydrogen-bond donors (Lipinski definition) is 1. The standard InChI is InChI=1S/C20H21F3N2O3/c1-14-3-9-18(10-4-14)28-13-19(27)24-11-12-25(15(2)26)17-7-5-16(6-8-17)20(21,22)23/h3-10H,11-13H2,1-2H3,(H,24,27). The summed E-state index contributed by atoms with van der Waals surface area (Å²) in [6, 6.07) is 11.5. The minimum Gasteiger partial charge on any atom is -0.484 e. The van der Waals surface area contributed by atoms with Crippen LogP contribution in [0.3, 0.4) is 0 Å². The zero-order valence-electron chi connectivity index (χ0n) is 15.5. The molecule has 0 bridgehead atoms. The SMILES string of the molecule is CC(=O)N(CCNC(=O)COc1ccc(C)cc1)c1ccc(C(F)(F)F)cc1. The number of alkyl halides is 3. The van der Waals surface area contributed by atoms with Crippen LogP contribution in [-0.4, -0.2) is 31.5 Å². The van der Waals surface area contributed by atoms with Crippen LogP contribution >= 0.6 is 0 Å². The zero-order chi connectivity index (χ0) is 20.7. The Kier molecular flexibility index (Phi) is 7.03. The number of halogens is 3. The van der Waals surface area contributed by atoms with Crippen LogP contribution in [0.15, 0.2) is 48.5 Å². The number of amides is 2. The van der Waals surface area contributed by atoms with Crippen LogP contribution in [0.1, 0.15) is 18.1 Å². The van der Waals surface area contributed by atoms with E-state index < -0.39 is 11.7 Å². The van der Waals surface area contributed by atoms with Crippen LogP contribution in [0.2, 0.25) is 0 Å². The van der Waals surface area contributed by atoms with Crippen LogP contribution in [0.5, 0.6) is 5.75 Å². The first-order valence-electron chi connectivity index (χ1n) is 8.58. The van der Waals surface area contributed by atoms with Crippen LogP contribution in [0.4, 0.5) is 18.9 Å². The van der Waals surface area contributed by atoms with Gasteiger partial charge in [0.2, 0.25) is 5.91 Å². The second kappa shape index (κ2) is 9.25. The van der Waals surface area contributed by atoms with E-state index in [1.165, 1.54) is 24.0 Å². The van der Waals surface area contributed by atoms with E-state index in [9.17, 15) is 22.8 Å². The molecule has 2 rings (SSSR count). The Balaban J connectivity index is 1.85. The number of hydrogen-bond acceptors (Lipinski definition) is 3. The maximum Gasteiger partial charge on any atom is 0.416 e. The van der Waals surface area contributed by atoms with E-state index in [-0.39, 0.29) is 31.5 Å². The quantitative estimate of drug-likeness (QED) is 0.781. The van der Waals surface area contributed by atoms with Crippen LogP contribution < -0.4 is 15.0 Å². The Bertz CT molecular complexity index is 803. The summed E-state index contributed by atoms with van der Waals surface area (Å²) in [5.41, 5.74) is 0.608. The van der Waals surface area contributed by atoms with E-state index in [0.717, 1.165) is 17.7 Å². The molecule has 0 aliphatic carbocycles. The highest BCUT2D eigenvalue weighted by molar-refractivity contribution is 5.91. The summed E-state index contributed by atoms with van der Waals surface area (Å²) in [5, 5.41) is 2.62. The molecular weight excluding hydrogens is 373 g/mol. The van der Waals surface area contributed by atoms with Crippen molar-refractivity contribution in [3.8, 4) is 5.75 Å². The number of carbonyl (C=O) groups is 2. The van der Waals surface area contributed by atoms with Gasteiger partial charge in [0.05, 0.1) is 5.56 Å². The fourth-order valence-electron chi connectivity index (χ4n) is 2.44. The maximum atomic E-state index is 12.6. The van der Waals surface area contributed by atoms with Crippen molar-refractivity contribution in [2.24, 2.45) is 0 Å². The van der Waals surface area contributed by atoms with Gasteiger partial charge in [-0.05, 0) is 43.3 Å². The minimum absolute atomic E-state index is 0.122. The lowest BCUT2D eigenvalue weighted by Crippen LogP contribution is -2.39. The fourth-order valence-corrected chi connectivity index (χ4v) is 2.44. The van der Waals surface area contributed by atoms with Crippen molar-refractivity contribution in [3.63, 3.8) is 0 Å². The van der Waals surface area contributed by atoms with Crippen LogP contribution in [0.25, 0.3) is 0 Å². The average molecular weight is 394 g/mol. The summed E-state index contributed by atoms with van der Waals surface area (Å²) in [4.78, 5) is 25.0. The average Bonchev–Trinajstić information content (AvgIpc) is 2.64. The molecule has 0 saturated carbocycles. The van der Waals surface area contributed by atoms with Gasteiger partial charge >= 0.3 is 6.18 Å². The van der Waals surface area contributed by atoms with Crippen LogP contribution in [-0.2, 0) is 15.8 Å². The number of anilines is 1. The van der Waals surface area contributed by atoms with E-state index in [0.29, 0.717) is 11.4 Å². The van der Waals surface area contributed by atoms with Gasteiger partial charge in [0.15, 0.2) is 6.61 Å². The molecule has 5 nitrogen and oxygen atoms in total. The molecule has 0 heterocycles. The van der Waals surface area contributed by atoms with Gasteiger partial charge in [-0.2, -0.15) is 13.2 Å². The molecule has 0 atom stereocenters. The normalized spacial score (nSPS) is 11.0. The second-order valence-electron chi connectivity index (χ2n) is 6.17. The second-order valence-corrected chi connectivity index (χ2v) is 6.17. The van der Waals surface area contributed by atoms with Gasteiger partial charge in [-0.3, -0.25) is 9.59 Å². The third kappa shape index (κ3) is 6.29. The van der Waals surface area contributed by atoms with Crippen molar-refractivity contribution in [1.29, 1.82) is 0 Å². The third-order valence-electron chi connectivity index (χ3n) is 3.93. The topological polar surface area (TPSA) is 58.6 Å². The number of benzene rings is 2. The first-order chi connectivity index (χ1) is 13.2. The van der Waals surface area contributed by atoms with Gasteiger partial charge < -0.3 is 15.0 Å². The van der Waals surface area contributed by atoms with Crippen molar-refractivity contribution in [1.82, 2.24) is 5.32 Å². The highest BCUT2D eigenvalue weighted by Crippen LogP contribution is 2.30. The number of rotatable bonds is 7. The fraction of sp³-hybridized carbons (Fsp3) is 0.300. The highest BCUT2D eigenvalue weighted by Gasteiger charge is 2.30. The third-order valence-corrected chi connectivity index (χ3v) is 3.93. The molecule has 150 valence electrons. The Hall–Kier alpha value is -3.03. The molecule has 28 heavy (non-hydrogen) atoms. The van der Waals surface area contributed by atoms with Crippen molar-refractivity contribution in [2.45, 2.75) is 20.0 Å². The first-order valence-corrected chi connectivity index (χ1v) is 8.58. The summed E-state index contributed by atoms with van der Waals surface area (Å²) in [5.74, 6) is -0.141. The first kappa shape index (κ1) is 21.3. The summed E-state index contributed by atoms with van der Waals surface area (Å²) >= 11 is 0. The zero-order valence-corrected chi connectivity index (χ0v) is 15.5. The molecule has 0 spiro atoms. The Morgan fingerprint density at radius 3 is 2.18 bits per heavy atom. The Morgan fingerprint density at radius 2 is 1.64 bits per heavy atom. The lowest BCUT2D eigenvalue weighted by atomic mass is 10.2. The van der Waals surface area contributed by atoms with Crippen LogP contribution in [0, 0.1) is 6.92 Å². The van der Waals surface area contributed by atoms with Crippen molar-refractivity contribution >= 4 is 17.5 Å². The molecule has 0 aliphatic heterocycles. The molecule has 0 aliphatic rings. The van der Waals surface area contributed by atoms with Gasteiger partial charge in [-0.25, -0.2) is 0 Å². The summed E-state index contributed by atoms with van der Waals surface area (Å²) in [6.45, 7) is 3.32. The predicted octanol–water partition coefficient (Wildman–Crippen LogP) is 3.56. The maximum absolute atomic E-state index is 12.6. The molecule has 2 aromatic rings. The van der Waals surface area contributed by atoms with Crippen molar-refractivity contribution in [2.75, 3.05) is 24.6 Å². The van der Waals surface area contributed by atoms with Gasteiger partial charge in [0, 0.05) is 25.7 Å². The molecule has 8 heteroatoms. The predicted molar refractivity (Wildman–Crippen MR) is 99.2 cm³/mol. The van der Waals surface area contributed by atoms with E-state index in [1.807, 2.05) is 19.1 Å². The van der Waals surface area contributed by atoms with E-state index in [4.69, 9.17) is 4.74 Å². The largest absolute Gasteiger partial charge is 0.484 e. The minimum atomic E-state index is -4.44. The molecule has 0 saturated heterocycles. The van der Waals surface area contributed by atoms with E-state index in [1.54, 1.807) is 12.1 Å². The summed E-state index contributed by atoms with van der Waals surface area (Å²) in [6.07, 6.45) is -4.44. The number of ether oxygens (including phenoxy) is 1. The number of nitrogens with zero attached hydrogens (tertiary/aromatic N) is 1. The molecular formula is C20H21F3N2O3. The summed E-state index contributed by atoms with van der Waals surface area (Å²) < 4.78 is 43.3. The molecule has 1 N–H and O–H groups in total. The Morgan fingerprint density at radius 1 is 1.04 bits per heavy atom. The van der Waals surface area contributed by atoms with E-state index in [2.05, 4.69) is 5.32 Å². The van der Waals surface area contributed by atoms with E-state index >= 15 is 0 Å². The van der Waals surface area contributed by atoms with Crippen molar-refractivity contribution in [3.05, 3.63) is 59.7 Å². The lowest BCUT2D eigenvalue weighted by Gasteiger charge is -2.22. The van der Waals surface area contributed by atoms with Gasteiger partial charge in [0.1, 0.15) is 5.75 Å². The molecule has 0 fully saturated rings. The van der Waals surface area contributed by atoms with Crippen molar-refractivity contribution < 1.29 is 27.5 Å². The Labute approximate surface area is 161 Å².